The van der Waals surface area contributed by atoms with Gasteiger partial charge in [0.25, 0.3) is 0 Å². The first kappa shape index (κ1) is 12.7. The van der Waals surface area contributed by atoms with E-state index in [1.165, 1.54) is 0 Å². The molecule has 0 saturated carbocycles. The summed E-state index contributed by atoms with van der Waals surface area (Å²) < 4.78 is 1.11. The molecule has 2 nitrogen and oxygen atoms in total. The molecule has 0 unspecified atom stereocenters. The van der Waals surface area contributed by atoms with Crippen LogP contribution >= 0.6 is 34.5 Å². The van der Waals surface area contributed by atoms with Gasteiger partial charge in [-0.15, -0.1) is 11.3 Å². The van der Waals surface area contributed by atoms with Crippen LogP contribution in [0.2, 0.25) is 10.0 Å². The quantitative estimate of drug-likeness (QED) is 0.718. The van der Waals surface area contributed by atoms with Crippen LogP contribution in [0, 0.1) is 0 Å². The fraction of sp³-hybridized carbons (Fsp3) is 0.0714. The monoisotopic (exact) mass is 308 g/mol. The van der Waals surface area contributed by atoms with Gasteiger partial charge in [-0.3, -0.25) is 0 Å². The molecule has 3 aromatic rings. The summed E-state index contributed by atoms with van der Waals surface area (Å²) in [5.41, 5.74) is 1.97. The van der Waals surface area contributed by atoms with Crippen molar-refractivity contribution in [2.24, 2.45) is 0 Å². The van der Waals surface area contributed by atoms with Gasteiger partial charge in [0.05, 0.1) is 16.8 Å². The maximum Gasteiger partial charge on any atom is 0.113 e. The Morgan fingerprint density at radius 3 is 2.74 bits per heavy atom. The van der Waals surface area contributed by atoms with Gasteiger partial charge in [-0.05, 0) is 36.4 Å². The summed E-state index contributed by atoms with van der Waals surface area (Å²) in [7, 11) is 0. The second-order valence-electron chi connectivity index (χ2n) is 4.08. The Kier molecular flexibility index (Phi) is 3.60. The molecule has 19 heavy (non-hydrogen) atoms. The van der Waals surface area contributed by atoms with Crippen molar-refractivity contribution in [1.29, 1.82) is 0 Å². The van der Waals surface area contributed by atoms with Crippen molar-refractivity contribution in [3.63, 3.8) is 0 Å². The van der Waals surface area contributed by atoms with Crippen LogP contribution in [0.3, 0.4) is 0 Å². The lowest BCUT2D eigenvalue weighted by Crippen LogP contribution is -1.98. The van der Waals surface area contributed by atoms with Crippen molar-refractivity contribution in [3.05, 3.63) is 57.5 Å². The van der Waals surface area contributed by atoms with Crippen molar-refractivity contribution >= 4 is 50.4 Å². The summed E-state index contributed by atoms with van der Waals surface area (Å²) in [6.07, 6.45) is 0. The second-order valence-corrected chi connectivity index (χ2v) is 6.07. The number of halogens is 2. The predicted octanol–water partition coefficient (Wildman–Crippen LogP) is 5.22. The maximum absolute atomic E-state index is 5.97. The molecule has 0 saturated heterocycles. The minimum atomic E-state index is 0.678. The number of thiazole rings is 1. The Bertz CT molecular complexity index is 724. The van der Waals surface area contributed by atoms with E-state index in [0.717, 1.165) is 31.0 Å². The first-order valence-electron chi connectivity index (χ1n) is 5.75. The van der Waals surface area contributed by atoms with Crippen molar-refractivity contribution in [1.82, 2.24) is 4.98 Å². The first-order valence-corrected chi connectivity index (χ1v) is 7.32. The van der Waals surface area contributed by atoms with Gasteiger partial charge in [-0.1, -0.05) is 29.3 Å². The zero-order valence-electron chi connectivity index (χ0n) is 9.86. The van der Waals surface area contributed by atoms with Gasteiger partial charge in [0.2, 0.25) is 0 Å². The van der Waals surface area contributed by atoms with Gasteiger partial charge < -0.3 is 5.32 Å². The molecule has 1 aromatic heterocycles. The number of nitrogens with zero attached hydrogens (tertiary/aromatic N) is 1. The summed E-state index contributed by atoms with van der Waals surface area (Å²) in [4.78, 5) is 4.56. The third kappa shape index (κ3) is 3.00. The third-order valence-electron chi connectivity index (χ3n) is 2.66. The van der Waals surface area contributed by atoms with Crippen LogP contribution < -0.4 is 5.32 Å². The molecule has 1 heterocycles. The predicted molar refractivity (Wildman–Crippen MR) is 83.4 cm³/mol. The van der Waals surface area contributed by atoms with Gasteiger partial charge in [0.15, 0.2) is 0 Å². The number of hydrogen-bond acceptors (Lipinski definition) is 3. The Labute approximate surface area is 125 Å². The smallest absolute Gasteiger partial charge is 0.113 e. The number of aromatic nitrogens is 1. The lowest BCUT2D eigenvalue weighted by molar-refractivity contribution is 1.12. The van der Waals surface area contributed by atoms with Gasteiger partial charge in [-0.2, -0.15) is 0 Å². The molecule has 96 valence electrons. The molecule has 0 aliphatic carbocycles. The van der Waals surface area contributed by atoms with Gasteiger partial charge in [0.1, 0.15) is 5.01 Å². The van der Waals surface area contributed by atoms with Crippen LogP contribution in [0.25, 0.3) is 10.2 Å². The van der Waals surface area contributed by atoms with E-state index in [1.54, 1.807) is 11.3 Å². The van der Waals surface area contributed by atoms with E-state index in [2.05, 4.69) is 10.3 Å². The molecule has 0 amide bonds. The molecule has 3 rings (SSSR count). The van der Waals surface area contributed by atoms with E-state index in [4.69, 9.17) is 23.2 Å². The van der Waals surface area contributed by atoms with Crippen LogP contribution in [0.5, 0.6) is 0 Å². The molecule has 0 bridgehead atoms. The molecule has 1 N–H and O–H groups in total. The van der Waals surface area contributed by atoms with Crippen molar-refractivity contribution in [2.45, 2.75) is 6.54 Å². The second kappa shape index (κ2) is 5.37. The largest absolute Gasteiger partial charge is 0.378 e. The van der Waals surface area contributed by atoms with E-state index in [-0.39, 0.29) is 0 Å². The molecule has 0 aliphatic rings. The molecule has 0 aliphatic heterocycles. The number of rotatable bonds is 3. The van der Waals surface area contributed by atoms with Crippen LogP contribution in [0.4, 0.5) is 5.69 Å². The van der Waals surface area contributed by atoms with Crippen LogP contribution in [0.15, 0.2) is 42.5 Å². The van der Waals surface area contributed by atoms with Gasteiger partial charge in [-0.25, -0.2) is 4.98 Å². The lowest BCUT2D eigenvalue weighted by atomic mass is 10.3. The Morgan fingerprint density at radius 2 is 1.89 bits per heavy atom. The highest BCUT2D eigenvalue weighted by atomic mass is 35.5. The summed E-state index contributed by atoms with van der Waals surface area (Å²) in [5, 5.41) is 5.80. The SMILES string of the molecule is Clc1cccc(NCc2nc3ccc(Cl)cc3s2)c1. The average molecular weight is 309 g/mol. The van der Waals surface area contributed by atoms with Crippen LogP contribution in [0.1, 0.15) is 5.01 Å². The average Bonchev–Trinajstić information content (AvgIpc) is 2.78. The summed E-state index contributed by atoms with van der Waals surface area (Å²) in [6.45, 7) is 0.678. The molecule has 5 heteroatoms. The standard InChI is InChI=1S/C14H10Cl2N2S/c15-9-2-1-3-11(6-9)17-8-14-18-12-5-4-10(16)7-13(12)19-14/h1-7,17H,8H2. The molecule has 0 spiro atoms. The minimum absolute atomic E-state index is 0.678. The molecule has 0 atom stereocenters. The highest BCUT2D eigenvalue weighted by Crippen LogP contribution is 2.26. The zero-order chi connectivity index (χ0) is 13.2. The van der Waals surface area contributed by atoms with Crippen LogP contribution in [-0.2, 0) is 6.54 Å². The summed E-state index contributed by atoms with van der Waals surface area (Å²) >= 11 is 13.6. The van der Waals surface area contributed by atoms with Crippen molar-refractivity contribution < 1.29 is 0 Å². The first-order chi connectivity index (χ1) is 9.20. The molecular formula is C14H10Cl2N2S. The number of benzene rings is 2. The third-order valence-corrected chi connectivity index (χ3v) is 4.15. The zero-order valence-corrected chi connectivity index (χ0v) is 12.2. The highest BCUT2D eigenvalue weighted by molar-refractivity contribution is 7.18. The van der Waals surface area contributed by atoms with E-state index in [9.17, 15) is 0 Å². The van der Waals surface area contributed by atoms with Gasteiger partial charge >= 0.3 is 0 Å². The molecule has 0 fully saturated rings. The summed E-state index contributed by atoms with van der Waals surface area (Å²) in [6, 6.07) is 13.4. The molecule has 2 aromatic carbocycles. The van der Waals surface area contributed by atoms with Crippen molar-refractivity contribution in [3.8, 4) is 0 Å². The topological polar surface area (TPSA) is 24.9 Å². The number of anilines is 1. The fourth-order valence-corrected chi connectivity index (χ4v) is 3.17. The fourth-order valence-electron chi connectivity index (χ4n) is 1.80. The Morgan fingerprint density at radius 1 is 1.05 bits per heavy atom. The van der Waals surface area contributed by atoms with Crippen LogP contribution in [-0.4, -0.2) is 4.98 Å². The number of fused-ring (bicyclic) bond motifs is 1. The highest BCUT2D eigenvalue weighted by Gasteiger charge is 2.04. The van der Waals surface area contributed by atoms with Gasteiger partial charge in [0, 0.05) is 15.7 Å². The maximum atomic E-state index is 5.97. The summed E-state index contributed by atoms with van der Waals surface area (Å²) in [5.74, 6) is 0. The Balaban J connectivity index is 1.78. The van der Waals surface area contributed by atoms with E-state index in [1.807, 2.05) is 42.5 Å². The number of nitrogens with one attached hydrogen (secondary N) is 1. The minimum Gasteiger partial charge on any atom is -0.378 e. The Hall–Kier alpha value is -1.29. The number of hydrogen-bond donors (Lipinski definition) is 1. The van der Waals surface area contributed by atoms with E-state index >= 15 is 0 Å². The van der Waals surface area contributed by atoms with E-state index < -0.39 is 0 Å². The van der Waals surface area contributed by atoms with Crippen molar-refractivity contribution in [2.75, 3.05) is 5.32 Å². The normalized spacial score (nSPS) is 10.8. The molecular weight excluding hydrogens is 299 g/mol. The van der Waals surface area contributed by atoms with E-state index in [0.29, 0.717) is 6.54 Å². The molecule has 0 radical (unpaired) electrons. The lowest BCUT2D eigenvalue weighted by Gasteiger charge is -2.03.